The second-order valence-corrected chi connectivity index (χ2v) is 5.45. The number of ether oxygens (including phenoxy) is 1. The Labute approximate surface area is 110 Å². The molecule has 0 aromatic heterocycles. The normalized spacial score (nSPS) is 22.2. The van der Waals surface area contributed by atoms with Gasteiger partial charge in [0.25, 0.3) is 0 Å². The van der Waals surface area contributed by atoms with E-state index >= 15 is 0 Å². The Morgan fingerprint density at radius 2 is 2.00 bits per heavy atom. The van der Waals surface area contributed by atoms with Gasteiger partial charge in [-0.3, -0.25) is 0 Å². The standard InChI is InChI=1S/C15H24N2O/c1-4-18-14-7-5-13(6-8-14)17-10-9-12(11-16)15(17,2)3/h5-8,12H,4,9-11,16H2,1-3H3. The number of nitrogens with two attached hydrogens (primary N) is 1. The quantitative estimate of drug-likeness (QED) is 0.890. The molecule has 1 fully saturated rings. The summed E-state index contributed by atoms with van der Waals surface area (Å²) in [5.74, 6) is 1.51. The van der Waals surface area contributed by atoms with Gasteiger partial charge in [0.1, 0.15) is 5.75 Å². The Morgan fingerprint density at radius 3 is 2.50 bits per heavy atom. The first kappa shape index (κ1) is 13.2. The minimum absolute atomic E-state index is 0.141. The van der Waals surface area contributed by atoms with Crippen LogP contribution in [-0.2, 0) is 0 Å². The Bertz CT molecular complexity index is 386. The molecule has 0 amide bonds. The van der Waals surface area contributed by atoms with Gasteiger partial charge < -0.3 is 15.4 Å². The van der Waals surface area contributed by atoms with Gasteiger partial charge in [0.2, 0.25) is 0 Å². The van der Waals surface area contributed by atoms with Gasteiger partial charge in [-0.25, -0.2) is 0 Å². The first-order chi connectivity index (χ1) is 8.59. The van der Waals surface area contributed by atoms with Crippen LogP contribution in [-0.4, -0.2) is 25.2 Å². The Morgan fingerprint density at radius 1 is 1.33 bits per heavy atom. The zero-order valence-electron chi connectivity index (χ0n) is 11.6. The molecule has 1 aliphatic rings. The van der Waals surface area contributed by atoms with Crippen LogP contribution in [0.4, 0.5) is 5.69 Å². The average molecular weight is 248 g/mol. The molecule has 0 spiro atoms. The van der Waals surface area contributed by atoms with Crippen molar-refractivity contribution in [2.45, 2.75) is 32.7 Å². The Hall–Kier alpha value is -1.22. The molecule has 3 heteroatoms. The summed E-state index contributed by atoms with van der Waals surface area (Å²) in [5.41, 5.74) is 7.27. The molecular weight excluding hydrogens is 224 g/mol. The number of hydrogen-bond donors (Lipinski definition) is 1. The van der Waals surface area contributed by atoms with E-state index in [-0.39, 0.29) is 5.54 Å². The predicted octanol–water partition coefficient (Wildman–Crippen LogP) is 2.65. The van der Waals surface area contributed by atoms with Crippen molar-refractivity contribution in [2.75, 3.05) is 24.6 Å². The van der Waals surface area contributed by atoms with E-state index in [1.807, 2.05) is 19.1 Å². The lowest BCUT2D eigenvalue weighted by Gasteiger charge is -2.37. The van der Waals surface area contributed by atoms with E-state index < -0.39 is 0 Å². The number of benzene rings is 1. The molecule has 1 aliphatic heterocycles. The van der Waals surface area contributed by atoms with E-state index in [1.54, 1.807) is 0 Å². The second-order valence-electron chi connectivity index (χ2n) is 5.45. The molecule has 3 nitrogen and oxygen atoms in total. The monoisotopic (exact) mass is 248 g/mol. The summed E-state index contributed by atoms with van der Waals surface area (Å²) < 4.78 is 5.48. The van der Waals surface area contributed by atoms with Crippen molar-refractivity contribution in [2.24, 2.45) is 11.7 Å². The lowest BCUT2D eigenvalue weighted by molar-refractivity contribution is 0.340. The fourth-order valence-electron chi connectivity index (χ4n) is 2.90. The van der Waals surface area contributed by atoms with Crippen LogP contribution in [0, 0.1) is 5.92 Å². The molecule has 18 heavy (non-hydrogen) atoms. The van der Waals surface area contributed by atoms with Gasteiger partial charge in [0.05, 0.1) is 6.61 Å². The highest BCUT2D eigenvalue weighted by molar-refractivity contribution is 5.52. The molecule has 0 saturated carbocycles. The first-order valence-electron chi connectivity index (χ1n) is 6.80. The lowest BCUT2D eigenvalue weighted by atomic mass is 9.88. The molecule has 0 aliphatic carbocycles. The van der Waals surface area contributed by atoms with Crippen LogP contribution in [0.15, 0.2) is 24.3 Å². The Balaban J connectivity index is 2.17. The van der Waals surface area contributed by atoms with E-state index in [0.29, 0.717) is 12.5 Å². The molecule has 1 unspecified atom stereocenters. The molecule has 1 aromatic carbocycles. The van der Waals surface area contributed by atoms with Gasteiger partial charge in [-0.1, -0.05) is 0 Å². The summed E-state index contributed by atoms with van der Waals surface area (Å²) in [4.78, 5) is 2.46. The van der Waals surface area contributed by atoms with Gasteiger partial charge in [0, 0.05) is 17.8 Å². The van der Waals surface area contributed by atoms with E-state index in [2.05, 4.69) is 30.9 Å². The Kier molecular flexibility index (Phi) is 3.81. The summed E-state index contributed by atoms with van der Waals surface area (Å²) in [6.45, 7) is 9.14. The summed E-state index contributed by atoms with van der Waals surface area (Å²) in [6.07, 6.45) is 1.18. The maximum Gasteiger partial charge on any atom is 0.119 e. The van der Waals surface area contributed by atoms with Crippen molar-refractivity contribution in [1.82, 2.24) is 0 Å². The SMILES string of the molecule is CCOc1ccc(N2CCC(CN)C2(C)C)cc1. The van der Waals surface area contributed by atoms with E-state index in [1.165, 1.54) is 12.1 Å². The molecule has 100 valence electrons. The molecule has 1 aromatic rings. The van der Waals surface area contributed by atoms with Crippen molar-refractivity contribution in [3.63, 3.8) is 0 Å². The second kappa shape index (κ2) is 5.19. The first-order valence-corrected chi connectivity index (χ1v) is 6.80. The van der Waals surface area contributed by atoms with Crippen molar-refractivity contribution < 1.29 is 4.74 Å². The number of anilines is 1. The van der Waals surface area contributed by atoms with E-state index in [0.717, 1.165) is 18.8 Å². The molecule has 1 heterocycles. The van der Waals surface area contributed by atoms with Gasteiger partial charge in [0.15, 0.2) is 0 Å². The fourth-order valence-corrected chi connectivity index (χ4v) is 2.90. The minimum atomic E-state index is 0.141. The van der Waals surface area contributed by atoms with Crippen LogP contribution in [0.2, 0.25) is 0 Å². The summed E-state index contributed by atoms with van der Waals surface area (Å²) >= 11 is 0. The van der Waals surface area contributed by atoms with Crippen LogP contribution in [0.1, 0.15) is 27.2 Å². The van der Waals surface area contributed by atoms with Crippen LogP contribution < -0.4 is 15.4 Å². The number of nitrogens with zero attached hydrogens (tertiary/aromatic N) is 1. The molecule has 1 saturated heterocycles. The molecule has 1 atom stereocenters. The highest BCUT2D eigenvalue weighted by atomic mass is 16.5. The van der Waals surface area contributed by atoms with Gasteiger partial charge in [-0.05, 0) is 63.9 Å². The fraction of sp³-hybridized carbons (Fsp3) is 0.600. The number of rotatable bonds is 4. The number of hydrogen-bond acceptors (Lipinski definition) is 3. The molecule has 0 radical (unpaired) electrons. The van der Waals surface area contributed by atoms with E-state index in [4.69, 9.17) is 10.5 Å². The smallest absolute Gasteiger partial charge is 0.119 e. The third kappa shape index (κ3) is 2.32. The highest BCUT2D eigenvalue weighted by Gasteiger charge is 2.40. The topological polar surface area (TPSA) is 38.5 Å². The zero-order chi connectivity index (χ0) is 13.2. The van der Waals surface area contributed by atoms with Crippen molar-refractivity contribution in [3.8, 4) is 5.75 Å². The average Bonchev–Trinajstić information content (AvgIpc) is 2.65. The third-order valence-corrected chi connectivity index (χ3v) is 4.14. The summed E-state index contributed by atoms with van der Waals surface area (Å²) in [7, 11) is 0. The van der Waals surface area contributed by atoms with Crippen molar-refractivity contribution >= 4 is 5.69 Å². The molecule has 0 bridgehead atoms. The van der Waals surface area contributed by atoms with Crippen molar-refractivity contribution in [3.05, 3.63) is 24.3 Å². The third-order valence-electron chi connectivity index (χ3n) is 4.14. The molecular formula is C15H24N2O. The highest BCUT2D eigenvalue weighted by Crippen LogP contribution is 2.38. The van der Waals surface area contributed by atoms with Crippen LogP contribution in [0.5, 0.6) is 5.75 Å². The molecule has 2 rings (SSSR count). The maximum atomic E-state index is 5.87. The van der Waals surface area contributed by atoms with Crippen LogP contribution in [0.3, 0.4) is 0 Å². The van der Waals surface area contributed by atoms with Crippen LogP contribution in [0.25, 0.3) is 0 Å². The van der Waals surface area contributed by atoms with Crippen LogP contribution >= 0.6 is 0 Å². The lowest BCUT2D eigenvalue weighted by Crippen LogP contribution is -2.44. The molecule has 2 N–H and O–H groups in total. The van der Waals surface area contributed by atoms with Crippen molar-refractivity contribution in [1.29, 1.82) is 0 Å². The van der Waals surface area contributed by atoms with Gasteiger partial charge >= 0.3 is 0 Å². The minimum Gasteiger partial charge on any atom is -0.494 e. The maximum absolute atomic E-state index is 5.87. The van der Waals surface area contributed by atoms with Gasteiger partial charge in [-0.2, -0.15) is 0 Å². The largest absolute Gasteiger partial charge is 0.494 e. The summed E-state index contributed by atoms with van der Waals surface area (Å²) in [5, 5.41) is 0. The van der Waals surface area contributed by atoms with Gasteiger partial charge in [-0.15, -0.1) is 0 Å². The van der Waals surface area contributed by atoms with E-state index in [9.17, 15) is 0 Å². The predicted molar refractivity (Wildman–Crippen MR) is 76.2 cm³/mol. The zero-order valence-corrected chi connectivity index (χ0v) is 11.6. The summed E-state index contributed by atoms with van der Waals surface area (Å²) in [6, 6.07) is 8.38.